The van der Waals surface area contributed by atoms with Gasteiger partial charge in [-0.2, -0.15) is 0 Å². The van der Waals surface area contributed by atoms with Crippen LogP contribution in [-0.4, -0.2) is 54.5 Å². The van der Waals surface area contributed by atoms with E-state index in [0.717, 1.165) is 43.7 Å². The van der Waals surface area contributed by atoms with Crippen LogP contribution >= 0.6 is 11.6 Å². The molecular weight excluding hydrogens is 300 g/mol. The van der Waals surface area contributed by atoms with Crippen molar-refractivity contribution in [3.63, 3.8) is 0 Å². The molecule has 0 radical (unpaired) electrons. The smallest absolute Gasteiger partial charge is 0.261 e. The van der Waals surface area contributed by atoms with Crippen molar-refractivity contribution >= 4 is 17.5 Å². The van der Waals surface area contributed by atoms with Crippen LogP contribution in [0.2, 0.25) is 5.02 Å². The monoisotopic (exact) mass is 322 g/mol. The fraction of sp³-hybridized carbons (Fsp3) is 0.588. The molecule has 2 saturated heterocycles. The fourth-order valence-corrected chi connectivity index (χ4v) is 3.87. The van der Waals surface area contributed by atoms with Gasteiger partial charge in [0.05, 0.1) is 0 Å². The summed E-state index contributed by atoms with van der Waals surface area (Å²) in [6.07, 6.45) is 3.31. The van der Waals surface area contributed by atoms with Crippen molar-refractivity contribution in [2.45, 2.75) is 38.3 Å². The number of halogens is 1. The van der Waals surface area contributed by atoms with Crippen LogP contribution in [0, 0.1) is 6.92 Å². The lowest BCUT2D eigenvalue weighted by Gasteiger charge is -2.28. The SMILES string of the molecule is Cc1cc(Cl)ccc1OCC(=O)N1[C@@H]2CC[C@H]1CN(C)CC2. The standard InChI is InChI=1S/C17H23ClN2O2/c1-12-9-13(18)3-6-16(12)22-11-17(21)20-14-4-5-15(20)10-19(2)8-7-14/h3,6,9,14-15H,4-5,7-8,10-11H2,1-2H3/t14-,15+/m1/s1. The van der Waals surface area contributed by atoms with Crippen LogP contribution in [0.1, 0.15) is 24.8 Å². The Hall–Kier alpha value is -1.26. The van der Waals surface area contributed by atoms with E-state index in [1.807, 2.05) is 19.1 Å². The van der Waals surface area contributed by atoms with Crippen molar-refractivity contribution in [2.24, 2.45) is 0 Å². The number of aryl methyl sites for hydroxylation is 1. The number of ether oxygens (including phenoxy) is 1. The largest absolute Gasteiger partial charge is 0.483 e. The first-order valence-corrected chi connectivity index (χ1v) is 8.31. The van der Waals surface area contributed by atoms with Crippen molar-refractivity contribution in [2.75, 3.05) is 26.7 Å². The first-order valence-electron chi connectivity index (χ1n) is 7.93. The number of hydrogen-bond acceptors (Lipinski definition) is 3. The van der Waals surface area contributed by atoms with Crippen LogP contribution in [-0.2, 0) is 4.79 Å². The van der Waals surface area contributed by atoms with Crippen LogP contribution in [0.3, 0.4) is 0 Å². The molecule has 2 bridgehead atoms. The number of carbonyl (C=O) groups excluding carboxylic acids is 1. The molecule has 1 amide bonds. The van der Waals surface area contributed by atoms with Gasteiger partial charge in [0.1, 0.15) is 5.75 Å². The number of amides is 1. The van der Waals surface area contributed by atoms with E-state index < -0.39 is 0 Å². The molecule has 0 spiro atoms. The molecule has 0 aromatic heterocycles. The van der Waals surface area contributed by atoms with Gasteiger partial charge in [-0.15, -0.1) is 0 Å². The van der Waals surface area contributed by atoms with Gasteiger partial charge in [-0.25, -0.2) is 0 Å². The minimum Gasteiger partial charge on any atom is -0.483 e. The summed E-state index contributed by atoms with van der Waals surface area (Å²) in [4.78, 5) is 17.0. The summed E-state index contributed by atoms with van der Waals surface area (Å²) in [5, 5.41) is 0.685. The van der Waals surface area contributed by atoms with Crippen molar-refractivity contribution in [3.05, 3.63) is 28.8 Å². The molecule has 22 heavy (non-hydrogen) atoms. The number of likely N-dealkylation sites (N-methyl/N-ethyl adjacent to an activating group) is 1. The molecule has 2 aliphatic heterocycles. The minimum absolute atomic E-state index is 0.108. The Morgan fingerprint density at radius 2 is 2.09 bits per heavy atom. The average molecular weight is 323 g/mol. The molecule has 120 valence electrons. The van der Waals surface area contributed by atoms with Gasteiger partial charge in [0, 0.05) is 23.7 Å². The van der Waals surface area contributed by atoms with E-state index in [-0.39, 0.29) is 12.5 Å². The van der Waals surface area contributed by atoms with Gasteiger partial charge in [-0.1, -0.05) is 11.6 Å². The maximum atomic E-state index is 12.6. The lowest BCUT2D eigenvalue weighted by molar-refractivity contribution is -0.136. The number of benzene rings is 1. The van der Waals surface area contributed by atoms with Crippen LogP contribution in [0.15, 0.2) is 18.2 Å². The van der Waals surface area contributed by atoms with Gasteiger partial charge in [-0.05, 0) is 63.5 Å². The third-order valence-corrected chi connectivity index (χ3v) is 5.00. The van der Waals surface area contributed by atoms with E-state index in [1.165, 1.54) is 0 Å². The zero-order valence-electron chi connectivity index (χ0n) is 13.2. The highest BCUT2D eigenvalue weighted by molar-refractivity contribution is 6.30. The second-order valence-electron chi connectivity index (χ2n) is 6.44. The molecule has 2 atom stereocenters. The first-order chi connectivity index (χ1) is 10.5. The van der Waals surface area contributed by atoms with E-state index >= 15 is 0 Å². The minimum atomic E-state index is 0.108. The number of rotatable bonds is 3. The lowest BCUT2D eigenvalue weighted by atomic mass is 10.1. The van der Waals surface area contributed by atoms with Gasteiger partial charge in [-0.3, -0.25) is 4.79 Å². The normalized spacial score (nSPS) is 25.1. The summed E-state index contributed by atoms with van der Waals surface area (Å²) < 4.78 is 5.74. The maximum absolute atomic E-state index is 12.6. The Bertz CT molecular complexity index is 564. The molecule has 0 aliphatic carbocycles. The molecular formula is C17H23ClN2O2. The zero-order chi connectivity index (χ0) is 15.7. The molecule has 0 unspecified atom stereocenters. The molecule has 2 aliphatic rings. The summed E-state index contributed by atoms with van der Waals surface area (Å²) in [5.74, 6) is 0.842. The summed E-state index contributed by atoms with van der Waals surface area (Å²) in [6.45, 7) is 4.10. The van der Waals surface area contributed by atoms with E-state index in [0.29, 0.717) is 17.1 Å². The summed E-state index contributed by atoms with van der Waals surface area (Å²) in [6, 6.07) is 6.21. The number of fused-ring (bicyclic) bond motifs is 2. The molecule has 2 heterocycles. The Balaban J connectivity index is 1.64. The molecule has 4 nitrogen and oxygen atoms in total. The number of nitrogens with zero attached hydrogens (tertiary/aromatic N) is 2. The molecule has 0 saturated carbocycles. The van der Waals surface area contributed by atoms with E-state index in [9.17, 15) is 4.79 Å². The lowest BCUT2D eigenvalue weighted by Crippen LogP contribution is -2.44. The number of likely N-dealkylation sites (tertiary alicyclic amines) is 1. The van der Waals surface area contributed by atoms with E-state index in [4.69, 9.17) is 16.3 Å². The van der Waals surface area contributed by atoms with Gasteiger partial charge in [0.25, 0.3) is 5.91 Å². The van der Waals surface area contributed by atoms with Gasteiger partial charge < -0.3 is 14.5 Å². The molecule has 1 aromatic rings. The van der Waals surface area contributed by atoms with E-state index in [1.54, 1.807) is 6.07 Å². The summed E-state index contributed by atoms with van der Waals surface area (Å²) in [7, 11) is 2.14. The van der Waals surface area contributed by atoms with Crippen LogP contribution < -0.4 is 4.74 Å². The molecule has 2 fully saturated rings. The predicted molar refractivity (Wildman–Crippen MR) is 87.5 cm³/mol. The van der Waals surface area contributed by atoms with E-state index in [2.05, 4.69) is 16.8 Å². The van der Waals surface area contributed by atoms with Gasteiger partial charge in [0.15, 0.2) is 6.61 Å². The third kappa shape index (κ3) is 3.23. The molecule has 1 aromatic carbocycles. The zero-order valence-corrected chi connectivity index (χ0v) is 14.0. The van der Waals surface area contributed by atoms with Crippen LogP contribution in [0.25, 0.3) is 0 Å². The predicted octanol–water partition coefficient (Wildman–Crippen LogP) is 2.72. The average Bonchev–Trinajstić information content (AvgIpc) is 2.77. The Kier molecular flexibility index (Phi) is 4.59. The van der Waals surface area contributed by atoms with Crippen molar-refractivity contribution in [1.29, 1.82) is 0 Å². The Morgan fingerprint density at radius 3 is 2.86 bits per heavy atom. The van der Waals surface area contributed by atoms with Crippen LogP contribution in [0.5, 0.6) is 5.75 Å². The number of hydrogen-bond donors (Lipinski definition) is 0. The Labute approximate surface area is 137 Å². The Morgan fingerprint density at radius 1 is 1.32 bits per heavy atom. The first kappa shape index (κ1) is 15.6. The van der Waals surface area contributed by atoms with Crippen molar-refractivity contribution < 1.29 is 9.53 Å². The summed E-state index contributed by atoms with van der Waals surface area (Å²) in [5.41, 5.74) is 0.957. The quantitative estimate of drug-likeness (QED) is 0.858. The maximum Gasteiger partial charge on any atom is 0.261 e. The van der Waals surface area contributed by atoms with Crippen molar-refractivity contribution in [3.8, 4) is 5.75 Å². The molecule has 5 heteroatoms. The molecule has 0 N–H and O–H groups in total. The highest BCUT2D eigenvalue weighted by atomic mass is 35.5. The van der Waals surface area contributed by atoms with Crippen LogP contribution in [0.4, 0.5) is 0 Å². The van der Waals surface area contributed by atoms with Crippen molar-refractivity contribution in [1.82, 2.24) is 9.80 Å². The van der Waals surface area contributed by atoms with Gasteiger partial charge >= 0.3 is 0 Å². The highest BCUT2D eigenvalue weighted by Crippen LogP contribution is 2.30. The topological polar surface area (TPSA) is 32.8 Å². The fourth-order valence-electron chi connectivity index (χ4n) is 3.64. The van der Waals surface area contributed by atoms with Gasteiger partial charge in [0.2, 0.25) is 0 Å². The third-order valence-electron chi connectivity index (χ3n) is 4.76. The second kappa shape index (κ2) is 6.47. The highest BCUT2D eigenvalue weighted by Gasteiger charge is 2.39. The second-order valence-corrected chi connectivity index (χ2v) is 6.87. The molecule has 3 rings (SSSR count). The number of carbonyl (C=O) groups is 1. The summed E-state index contributed by atoms with van der Waals surface area (Å²) >= 11 is 5.94.